The maximum Gasteiger partial charge on any atom is 0.133 e. The van der Waals surface area contributed by atoms with Gasteiger partial charge in [-0.3, -0.25) is 0 Å². The van der Waals surface area contributed by atoms with Crippen molar-refractivity contribution < 1.29 is 9.13 Å². The lowest BCUT2D eigenvalue weighted by atomic mass is 10.1. The number of aryl methyl sites for hydroxylation is 2. The van der Waals surface area contributed by atoms with Crippen LogP contribution in [0.15, 0.2) is 36.4 Å². The fourth-order valence-electron chi connectivity index (χ4n) is 2.06. The second-order valence-corrected chi connectivity index (χ2v) is 5.64. The predicted molar refractivity (Wildman–Crippen MR) is 84.4 cm³/mol. The Morgan fingerprint density at radius 2 is 1.81 bits per heavy atom. The zero-order valence-corrected chi connectivity index (χ0v) is 13.0. The summed E-state index contributed by atoms with van der Waals surface area (Å²) >= 11 is 0. The standard InChI is InChI=1S/C18H22FNO/c1-12(2)20-11-15-6-8-17(9-14(15)4)21-18-10-16(19)7-5-13(18)3/h5-10,12,20H,11H2,1-4H3. The maximum absolute atomic E-state index is 13.3. The summed E-state index contributed by atoms with van der Waals surface area (Å²) in [7, 11) is 0. The highest BCUT2D eigenvalue weighted by molar-refractivity contribution is 5.40. The molecule has 0 radical (unpaired) electrons. The van der Waals surface area contributed by atoms with Crippen molar-refractivity contribution in [2.24, 2.45) is 0 Å². The molecule has 2 aromatic carbocycles. The topological polar surface area (TPSA) is 21.3 Å². The van der Waals surface area contributed by atoms with Crippen LogP contribution in [0.1, 0.15) is 30.5 Å². The van der Waals surface area contributed by atoms with Gasteiger partial charge in [-0.15, -0.1) is 0 Å². The number of nitrogens with one attached hydrogen (secondary N) is 1. The van der Waals surface area contributed by atoms with Crippen LogP contribution < -0.4 is 10.1 Å². The summed E-state index contributed by atoms with van der Waals surface area (Å²) in [5.74, 6) is 1.00. The van der Waals surface area contributed by atoms with Gasteiger partial charge in [0.05, 0.1) is 0 Å². The van der Waals surface area contributed by atoms with E-state index in [2.05, 4.69) is 32.2 Å². The molecule has 0 saturated heterocycles. The number of halogens is 1. The van der Waals surface area contributed by atoms with E-state index in [1.54, 1.807) is 6.07 Å². The maximum atomic E-state index is 13.3. The molecular formula is C18H22FNO. The molecule has 2 rings (SSSR count). The molecule has 3 heteroatoms. The van der Waals surface area contributed by atoms with Gasteiger partial charge in [0.25, 0.3) is 0 Å². The monoisotopic (exact) mass is 287 g/mol. The van der Waals surface area contributed by atoms with Gasteiger partial charge < -0.3 is 10.1 Å². The first-order valence-electron chi connectivity index (χ1n) is 7.22. The lowest BCUT2D eigenvalue weighted by Crippen LogP contribution is -2.22. The summed E-state index contributed by atoms with van der Waals surface area (Å²) in [5, 5.41) is 3.40. The van der Waals surface area contributed by atoms with Crippen molar-refractivity contribution in [2.45, 2.75) is 40.3 Å². The van der Waals surface area contributed by atoms with Crippen molar-refractivity contribution in [1.82, 2.24) is 5.32 Å². The Balaban J connectivity index is 2.14. The highest BCUT2D eigenvalue weighted by atomic mass is 19.1. The Kier molecular flexibility index (Phi) is 4.97. The van der Waals surface area contributed by atoms with Crippen LogP contribution in [-0.4, -0.2) is 6.04 Å². The summed E-state index contributed by atoms with van der Waals surface area (Å²) in [6, 6.07) is 11.0. The molecule has 0 spiro atoms. The van der Waals surface area contributed by atoms with E-state index in [1.807, 2.05) is 19.1 Å². The van der Waals surface area contributed by atoms with E-state index in [4.69, 9.17) is 4.74 Å². The van der Waals surface area contributed by atoms with Crippen molar-refractivity contribution in [2.75, 3.05) is 0 Å². The van der Waals surface area contributed by atoms with Gasteiger partial charge in [-0.05, 0) is 48.7 Å². The van der Waals surface area contributed by atoms with Gasteiger partial charge in [0.15, 0.2) is 0 Å². The molecular weight excluding hydrogens is 265 g/mol. The minimum absolute atomic E-state index is 0.287. The first-order chi connectivity index (χ1) is 9.95. The first kappa shape index (κ1) is 15.5. The van der Waals surface area contributed by atoms with Crippen LogP contribution >= 0.6 is 0 Å². The molecule has 0 aromatic heterocycles. The highest BCUT2D eigenvalue weighted by Crippen LogP contribution is 2.27. The molecule has 0 bridgehead atoms. The van der Waals surface area contributed by atoms with Crippen LogP contribution in [0.5, 0.6) is 11.5 Å². The van der Waals surface area contributed by atoms with Gasteiger partial charge in [0.1, 0.15) is 17.3 Å². The summed E-state index contributed by atoms with van der Waals surface area (Å²) in [6.45, 7) is 9.05. The van der Waals surface area contributed by atoms with E-state index >= 15 is 0 Å². The van der Waals surface area contributed by atoms with Crippen molar-refractivity contribution in [3.05, 3.63) is 58.9 Å². The third kappa shape index (κ3) is 4.30. The van der Waals surface area contributed by atoms with E-state index in [9.17, 15) is 4.39 Å². The van der Waals surface area contributed by atoms with Gasteiger partial charge in [0.2, 0.25) is 0 Å². The molecule has 0 fully saturated rings. The van der Waals surface area contributed by atoms with E-state index < -0.39 is 0 Å². The van der Waals surface area contributed by atoms with Crippen molar-refractivity contribution in [3.63, 3.8) is 0 Å². The minimum atomic E-state index is -0.287. The third-order valence-electron chi connectivity index (χ3n) is 3.39. The summed E-state index contributed by atoms with van der Waals surface area (Å²) < 4.78 is 19.1. The fourth-order valence-corrected chi connectivity index (χ4v) is 2.06. The number of hydrogen-bond donors (Lipinski definition) is 1. The zero-order chi connectivity index (χ0) is 15.4. The molecule has 0 aliphatic rings. The van der Waals surface area contributed by atoms with Crippen molar-refractivity contribution >= 4 is 0 Å². The van der Waals surface area contributed by atoms with Crippen LogP contribution in [0.3, 0.4) is 0 Å². The zero-order valence-electron chi connectivity index (χ0n) is 13.0. The van der Waals surface area contributed by atoms with E-state index in [0.29, 0.717) is 11.8 Å². The van der Waals surface area contributed by atoms with E-state index in [1.165, 1.54) is 17.7 Å². The minimum Gasteiger partial charge on any atom is -0.457 e. The smallest absolute Gasteiger partial charge is 0.133 e. The predicted octanol–water partition coefficient (Wildman–Crippen LogP) is 4.73. The molecule has 21 heavy (non-hydrogen) atoms. The summed E-state index contributed by atoms with van der Waals surface area (Å²) in [6.07, 6.45) is 0. The SMILES string of the molecule is Cc1cc(Oc2cc(F)ccc2C)ccc1CNC(C)C. The molecule has 0 aliphatic heterocycles. The van der Waals surface area contributed by atoms with Crippen LogP contribution in [0.2, 0.25) is 0 Å². The van der Waals surface area contributed by atoms with Gasteiger partial charge in [-0.2, -0.15) is 0 Å². The van der Waals surface area contributed by atoms with Crippen molar-refractivity contribution in [1.29, 1.82) is 0 Å². The molecule has 0 unspecified atom stereocenters. The lowest BCUT2D eigenvalue weighted by molar-refractivity contribution is 0.472. The Hall–Kier alpha value is -1.87. The Morgan fingerprint density at radius 1 is 1.05 bits per heavy atom. The second kappa shape index (κ2) is 6.72. The molecule has 2 nitrogen and oxygen atoms in total. The van der Waals surface area contributed by atoms with Crippen LogP contribution in [0.4, 0.5) is 4.39 Å². The Morgan fingerprint density at radius 3 is 2.48 bits per heavy atom. The van der Waals surface area contributed by atoms with Crippen LogP contribution in [0.25, 0.3) is 0 Å². The van der Waals surface area contributed by atoms with Gasteiger partial charge in [-0.25, -0.2) is 4.39 Å². The number of rotatable bonds is 5. The molecule has 2 aromatic rings. The van der Waals surface area contributed by atoms with Gasteiger partial charge in [-0.1, -0.05) is 26.0 Å². The largest absolute Gasteiger partial charge is 0.457 e. The van der Waals surface area contributed by atoms with Gasteiger partial charge in [0, 0.05) is 18.7 Å². The molecule has 0 saturated carbocycles. The highest BCUT2D eigenvalue weighted by Gasteiger charge is 2.06. The molecule has 0 atom stereocenters. The second-order valence-electron chi connectivity index (χ2n) is 5.64. The molecule has 0 heterocycles. The Bertz CT molecular complexity index is 623. The normalized spacial score (nSPS) is 11.0. The fraction of sp³-hybridized carbons (Fsp3) is 0.333. The molecule has 0 amide bonds. The molecule has 0 aliphatic carbocycles. The average Bonchev–Trinajstić information content (AvgIpc) is 2.42. The van der Waals surface area contributed by atoms with E-state index in [-0.39, 0.29) is 5.82 Å². The summed E-state index contributed by atoms with van der Waals surface area (Å²) in [5.41, 5.74) is 3.32. The summed E-state index contributed by atoms with van der Waals surface area (Å²) in [4.78, 5) is 0. The van der Waals surface area contributed by atoms with E-state index in [0.717, 1.165) is 23.4 Å². The van der Waals surface area contributed by atoms with Crippen LogP contribution in [-0.2, 0) is 6.54 Å². The van der Waals surface area contributed by atoms with Crippen LogP contribution in [0, 0.1) is 19.7 Å². The molecule has 112 valence electrons. The number of benzene rings is 2. The average molecular weight is 287 g/mol. The number of ether oxygens (including phenoxy) is 1. The Labute approximate surface area is 126 Å². The molecule has 1 N–H and O–H groups in total. The number of hydrogen-bond acceptors (Lipinski definition) is 2. The first-order valence-corrected chi connectivity index (χ1v) is 7.22. The lowest BCUT2D eigenvalue weighted by Gasteiger charge is -2.13. The third-order valence-corrected chi connectivity index (χ3v) is 3.39. The van der Waals surface area contributed by atoms with Gasteiger partial charge >= 0.3 is 0 Å². The quantitative estimate of drug-likeness (QED) is 0.858. The van der Waals surface area contributed by atoms with Crippen molar-refractivity contribution in [3.8, 4) is 11.5 Å².